The number of piperidine rings is 1. The molecule has 1 aliphatic heterocycles. The first-order chi connectivity index (χ1) is 13.6. The van der Waals surface area contributed by atoms with Gasteiger partial charge in [0.2, 0.25) is 0 Å². The van der Waals surface area contributed by atoms with Gasteiger partial charge in [-0.3, -0.25) is 14.7 Å². The van der Waals surface area contributed by atoms with Gasteiger partial charge in [0.25, 0.3) is 5.56 Å². The molecule has 0 saturated carbocycles. The number of pyridine rings is 1. The lowest BCUT2D eigenvalue weighted by atomic mass is 9.98. The van der Waals surface area contributed by atoms with Crippen LogP contribution >= 0.6 is 0 Å². The summed E-state index contributed by atoms with van der Waals surface area (Å²) in [7, 11) is 0. The van der Waals surface area contributed by atoms with Crippen LogP contribution in [0.1, 0.15) is 36.6 Å². The molecule has 1 saturated heterocycles. The minimum absolute atomic E-state index is 0.0512. The van der Waals surface area contributed by atoms with E-state index in [0.29, 0.717) is 23.6 Å². The predicted octanol–water partition coefficient (Wildman–Crippen LogP) is 3.84. The molecule has 0 aliphatic carbocycles. The fourth-order valence-electron chi connectivity index (χ4n) is 3.68. The normalized spacial score (nSPS) is 17.6. The highest BCUT2D eigenvalue weighted by molar-refractivity contribution is 5.53. The van der Waals surface area contributed by atoms with Gasteiger partial charge in [-0.25, -0.2) is 13.8 Å². The van der Waals surface area contributed by atoms with Crippen LogP contribution in [-0.2, 0) is 6.54 Å². The summed E-state index contributed by atoms with van der Waals surface area (Å²) in [5.74, 6) is -1.19. The Kier molecular flexibility index (Phi) is 5.25. The zero-order valence-electron chi connectivity index (χ0n) is 15.2. The van der Waals surface area contributed by atoms with E-state index in [1.54, 1.807) is 30.6 Å². The fourth-order valence-corrected chi connectivity index (χ4v) is 3.68. The summed E-state index contributed by atoms with van der Waals surface area (Å²) < 4.78 is 26.8. The summed E-state index contributed by atoms with van der Waals surface area (Å²) in [6.45, 7) is 1.28. The number of halogens is 2. The maximum absolute atomic E-state index is 13.6. The molecule has 1 fully saturated rings. The third-order valence-corrected chi connectivity index (χ3v) is 5.04. The topological polar surface area (TPSA) is 61.9 Å². The Morgan fingerprint density at radius 3 is 2.68 bits per heavy atom. The first kappa shape index (κ1) is 18.4. The molecule has 0 radical (unpaired) electrons. The molecule has 0 amide bonds. The molecule has 3 aromatic rings. The van der Waals surface area contributed by atoms with Crippen LogP contribution in [-0.4, -0.2) is 26.4 Å². The van der Waals surface area contributed by atoms with Crippen LogP contribution in [0, 0.1) is 11.6 Å². The number of nitrogens with one attached hydrogen (secondary N) is 1. The number of aromatic nitrogens is 3. The Morgan fingerprint density at radius 1 is 1.07 bits per heavy atom. The second kappa shape index (κ2) is 7.98. The van der Waals surface area contributed by atoms with E-state index in [0.717, 1.165) is 37.4 Å². The quantitative estimate of drug-likeness (QED) is 0.745. The molecule has 1 atom stereocenters. The van der Waals surface area contributed by atoms with E-state index in [-0.39, 0.29) is 11.6 Å². The summed E-state index contributed by atoms with van der Waals surface area (Å²) in [6, 6.07) is 9.04. The van der Waals surface area contributed by atoms with Gasteiger partial charge in [-0.05, 0) is 49.2 Å². The van der Waals surface area contributed by atoms with Crippen molar-refractivity contribution in [3.63, 3.8) is 0 Å². The van der Waals surface area contributed by atoms with E-state index >= 15 is 0 Å². The number of likely N-dealkylation sites (tertiary alicyclic amines) is 1. The highest BCUT2D eigenvalue weighted by Gasteiger charge is 2.26. The van der Waals surface area contributed by atoms with Crippen LogP contribution < -0.4 is 5.56 Å². The van der Waals surface area contributed by atoms with Gasteiger partial charge in [0, 0.05) is 30.6 Å². The average molecular weight is 382 g/mol. The molecule has 28 heavy (non-hydrogen) atoms. The van der Waals surface area contributed by atoms with Gasteiger partial charge < -0.3 is 4.98 Å². The van der Waals surface area contributed by atoms with E-state index < -0.39 is 11.6 Å². The van der Waals surface area contributed by atoms with Crippen LogP contribution in [0.4, 0.5) is 8.78 Å². The maximum Gasteiger partial charge on any atom is 0.251 e. The largest absolute Gasteiger partial charge is 0.307 e. The number of aromatic amines is 1. The molecular formula is C21H20F2N4O. The van der Waals surface area contributed by atoms with Gasteiger partial charge in [0.15, 0.2) is 11.6 Å². The summed E-state index contributed by atoms with van der Waals surface area (Å²) in [6.07, 6.45) is 6.20. The zero-order valence-corrected chi connectivity index (χ0v) is 15.2. The van der Waals surface area contributed by atoms with Crippen molar-refractivity contribution in [1.29, 1.82) is 0 Å². The summed E-state index contributed by atoms with van der Waals surface area (Å²) in [5, 5.41) is 0. The SMILES string of the molecule is O=c1cc([C@@H]2CCCCN2Cc2ccc(F)c(F)c2)nc(-c2ccncc2)[nH]1. The second-order valence-electron chi connectivity index (χ2n) is 6.99. The van der Waals surface area contributed by atoms with Crippen LogP contribution in [0.2, 0.25) is 0 Å². The van der Waals surface area contributed by atoms with E-state index in [4.69, 9.17) is 4.98 Å². The Balaban J connectivity index is 1.65. The fraction of sp³-hybridized carbons (Fsp3) is 0.286. The van der Waals surface area contributed by atoms with Crippen molar-refractivity contribution in [3.05, 3.63) is 82.0 Å². The first-order valence-corrected chi connectivity index (χ1v) is 9.30. The predicted molar refractivity (Wildman–Crippen MR) is 101 cm³/mol. The number of H-pyrrole nitrogens is 1. The highest BCUT2D eigenvalue weighted by atomic mass is 19.2. The molecule has 3 heterocycles. The molecular weight excluding hydrogens is 362 g/mol. The molecule has 144 valence electrons. The lowest BCUT2D eigenvalue weighted by molar-refractivity contribution is 0.137. The van der Waals surface area contributed by atoms with Crippen molar-refractivity contribution in [2.75, 3.05) is 6.54 Å². The third-order valence-electron chi connectivity index (χ3n) is 5.04. The highest BCUT2D eigenvalue weighted by Crippen LogP contribution is 2.31. The van der Waals surface area contributed by atoms with E-state index in [2.05, 4.69) is 14.9 Å². The summed E-state index contributed by atoms with van der Waals surface area (Å²) >= 11 is 0. The molecule has 0 unspecified atom stereocenters. The van der Waals surface area contributed by atoms with Crippen molar-refractivity contribution >= 4 is 0 Å². The van der Waals surface area contributed by atoms with Gasteiger partial charge in [0.05, 0.1) is 11.7 Å². The molecule has 4 rings (SSSR count). The van der Waals surface area contributed by atoms with Gasteiger partial charge in [0.1, 0.15) is 5.82 Å². The lowest BCUT2D eigenvalue weighted by Gasteiger charge is -2.35. The van der Waals surface area contributed by atoms with E-state index in [1.165, 1.54) is 12.1 Å². The van der Waals surface area contributed by atoms with Gasteiger partial charge in [-0.2, -0.15) is 0 Å². The minimum atomic E-state index is -0.850. The van der Waals surface area contributed by atoms with Crippen molar-refractivity contribution in [3.8, 4) is 11.4 Å². The average Bonchev–Trinajstić information content (AvgIpc) is 2.71. The van der Waals surface area contributed by atoms with Crippen LogP contribution in [0.5, 0.6) is 0 Å². The van der Waals surface area contributed by atoms with Gasteiger partial charge in [-0.1, -0.05) is 12.5 Å². The second-order valence-corrected chi connectivity index (χ2v) is 6.99. The van der Waals surface area contributed by atoms with E-state index in [9.17, 15) is 13.6 Å². The number of nitrogens with zero attached hydrogens (tertiary/aromatic N) is 3. The number of hydrogen-bond acceptors (Lipinski definition) is 4. The minimum Gasteiger partial charge on any atom is -0.307 e. The van der Waals surface area contributed by atoms with Crippen molar-refractivity contribution in [2.24, 2.45) is 0 Å². The summed E-state index contributed by atoms with van der Waals surface area (Å²) in [5.41, 5.74) is 1.97. The Hall–Kier alpha value is -2.93. The molecule has 0 bridgehead atoms. The standard InChI is InChI=1S/C21H20F2N4O/c22-16-5-4-14(11-17(16)23)13-27-10-2-1-3-19(27)18-12-20(28)26-21(25-18)15-6-8-24-9-7-15/h4-9,11-12,19H,1-3,10,13H2,(H,25,26,28)/t19-/m0/s1. The van der Waals surface area contributed by atoms with Crippen molar-refractivity contribution in [2.45, 2.75) is 31.8 Å². The molecule has 1 aliphatic rings. The Bertz CT molecular complexity index is 1020. The molecule has 0 spiro atoms. The van der Waals surface area contributed by atoms with Crippen LogP contribution in [0.25, 0.3) is 11.4 Å². The molecule has 1 aromatic carbocycles. The number of benzene rings is 1. The van der Waals surface area contributed by atoms with Crippen molar-refractivity contribution in [1.82, 2.24) is 19.9 Å². The monoisotopic (exact) mass is 382 g/mol. The van der Waals surface area contributed by atoms with Gasteiger partial charge in [-0.15, -0.1) is 0 Å². The first-order valence-electron chi connectivity index (χ1n) is 9.30. The Labute approximate surface area is 161 Å². The van der Waals surface area contributed by atoms with E-state index in [1.807, 2.05) is 0 Å². The Morgan fingerprint density at radius 2 is 1.89 bits per heavy atom. The lowest BCUT2D eigenvalue weighted by Crippen LogP contribution is -2.34. The summed E-state index contributed by atoms with van der Waals surface area (Å²) in [4.78, 5) is 25.9. The van der Waals surface area contributed by atoms with Crippen molar-refractivity contribution < 1.29 is 8.78 Å². The maximum atomic E-state index is 13.6. The van der Waals surface area contributed by atoms with Crippen LogP contribution in [0.15, 0.2) is 53.6 Å². The number of hydrogen-bond donors (Lipinski definition) is 1. The molecule has 2 aromatic heterocycles. The smallest absolute Gasteiger partial charge is 0.251 e. The van der Waals surface area contributed by atoms with Crippen LogP contribution in [0.3, 0.4) is 0 Å². The molecule has 5 nitrogen and oxygen atoms in total. The molecule has 7 heteroatoms. The van der Waals surface area contributed by atoms with Gasteiger partial charge >= 0.3 is 0 Å². The molecule has 1 N–H and O–H groups in total. The third kappa shape index (κ3) is 3.99. The zero-order chi connectivity index (χ0) is 19.5. The number of rotatable bonds is 4.